The fourth-order valence-corrected chi connectivity index (χ4v) is 1.17. The molecule has 0 radical (unpaired) electrons. The molecule has 74 valence electrons. The maximum absolute atomic E-state index is 12.4. The van der Waals surface area contributed by atoms with Crippen LogP contribution in [0, 0.1) is 0 Å². The van der Waals surface area contributed by atoms with E-state index in [0.29, 0.717) is 13.1 Å². The summed E-state index contributed by atoms with van der Waals surface area (Å²) in [5, 5.41) is 0. The molecule has 0 bridgehead atoms. The van der Waals surface area contributed by atoms with Crippen LogP contribution in [0.25, 0.3) is 0 Å². The predicted octanol–water partition coefficient (Wildman–Crippen LogP) is 1.83. The molecule has 2 nitrogen and oxygen atoms in total. The summed E-state index contributed by atoms with van der Waals surface area (Å²) in [6, 6.07) is 0. The van der Waals surface area contributed by atoms with Crippen molar-refractivity contribution < 1.29 is 17.7 Å². The molecular formula is C8H12F3N2+. The van der Waals surface area contributed by atoms with Crippen molar-refractivity contribution >= 4 is 0 Å². The second-order valence-electron chi connectivity index (χ2n) is 2.74. The third-order valence-corrected chi connectivity index (χ3v) is 1.88. The Morgan fingerprint density at radius 1 is 1.38 bits per heavy atom. The van der Waals surface area contributed by atoms with Crippen molar-refractivity contribution in [1.29, 1.82) is 0 Å². The van der Waals surface area contributed by atoms with Crippen LogP contribution < -0.4 is 4.57 Å². The summed E-state index contributed by atoms with van der Waals surface area (Å²) in [6.45, 7) is 4.38. The second kappa shape index (κ2) is 3.40. The lowest BCUT2D eigenvalue weighted by molar-refractivity contribution is -0.693. The van der Waals surface area contributed by atoms with Gasteiger partial charge in [-0.1, -0.05) is 0 Å². The van der Waals surface area contributed by atoms with Crippen molar-refractivity contribution in [3.63, 3.8) is 0 Å². The Kier molecular flexibility index (Phi) is 2.63. The molecule has 0 fully saturated rings. The number of aromatic nitrogens is 2. The Bertz CT molecular complexity index is 288. The van der Waals surface area contributed by atoms with Gasteiger partial charge in [-0.15, -0.1) is 0 Å². The van der Waals surface area contributed by atoms with Gasteiger partial charge in [0.2, 0.25) is 12.0 Å². The Morgan fingerprint density at radius 2 is 2.00 bits per heavy atom. The third kappa shape index (κ3) is 2.02. The minimum Gasteiger partial charge on any atom is -0.236 e. The number of alkyl halides is 3. The topological polar surface area (TPSA) is 8.81 Å². The van der Waals surface area contributed by atoms with E-state index in [1.54, 1.807) is 13.8 Å². The summed E-state index contributed by atoms with van der Waals surface area (Å²) in [6.07, 6.45) is -1.65. The smallest absolute Gasteiger partial charge is 0.236 e. The van der Waals surface area contributed by atoms with Crippen LogP contribution in [-0.4, -0.2) is 4.57 Å². The van der Waals surface area contributed by atoms with Crippen molar-refractivity contribution in [1.82, 2.24) is 4.57 Å². The Balaban J connectivity index is 3.11. The van der Waals surface area contributed by atoms with E-state index in [0.717, 1.165) is 6.20 Å². The summed E-state index contributed by atoms with van der Waals surface area (Å²) >= 11 is 0. The minimum absolute atomic E-state index is 0.335. The van der Waals surface area contributed by atoms with E-state index in [4.69, 9.17) is 0 Å². The molecule has 0 atom stereocenters. The SMILES string of the molecule is CCn1c[n+](CC)cc1C(F)(F)F. The van der Waals surface area contributed by atoms with Crippen LogP contribution in [0.1, 0.15) is 19.5 Å². The number of hydrogen-bond acceptors (Lipinski definition) is 0. The average Bonchev–Trinajstić information content (AvgIpc) is 2.46. The number of nitrogens with zero attached hydrogens (tertiary/aromatic N) is 2. The molecule has 0 aromatic carbocycles. The number of aryl methyl sites for hydroxylation is 2. The number of halogens is 3. The van der Waals surface area contributed by atoms with Gasteiger partial charge in [0.05, 0.1) is 13.1 Å². The normalized spacial score (nSPS) is 12.1. The van der Waals surface area contributed by atoms with Crippen LogP contribution in [-0.2, 0) is 19.3 Å². The van der Waals surface area contributed by atoms with Crippen LogP contribution >= 0.6 is 0 Å². The predicted molar refractivity (Wildman–Crippen MR) is 41.0 cm³/mol. The molecule has 5 heteroatoms. The molecule has 0 aliphatic heterocycles. The molecule has 1 rings (SSSR count). The van der Waals surface area contributed by atoms with Gasteiger partial charge >= 0.3 is 6.18 Å². The number of hydrogen-bond donors (Lipinski definition) is 0. The monoisotopic (exact) mass is 193 g/mol. The molecule has 0 amide bonds. The quantitative estimate of drug-likeness (QED) is 0.634. The van der Waals surface area contributed by atoms with E-state index in [1.165, 1.54) is 15.5 Å². The molecule has 1 aromatic rings. The third-order valence-electron chi connectivity index (χ3n) is 1.88. The maximum atomic E-state index is 12.4. The highest BCUT2D eigenvalue weighted by Crippen LogP contribution is 2.28. The molecule has 1 heterocycles. The molecule has 0 aliphatic carbocycles. The van der Waals surface area contributed by atoms with Gasteiger partial charge in [0.25, 0.3) is 0 Å². The van der Waals surface area contributed by atoms with Crippen molar-refractivity contribution in [3.8, 4) is 0 Å². The van der Waals surface area contributed by atoms with Gasteiger partial charge in [-0.3, -0.25) is 0 Å². The average molecular weight is 193 g/mol. The first-order chi connectivity index (χ1) is 5.99. The molecule has 0 saturated carbocycles. The van der Waals surface area contributed by atoms with Crippen LogP contribution in [0.2, 0.25) is 0 Å². The van der Waals surface area contributed by atoms with Crippen LogP contribution in [0.5, 0.6) is 0 Å². The van der Waals surface area contributed by atoms with E-state index in [2.05, 4.69) is 0 Å². The molecule has 0 spiro atoms. The Labute approximate surface area is 74.6 Å². The first-order valence-electron chi connectivity index (χ1n) is 4.15. The molecule has 0 saturated heterocycles. The zero-order valence-electron chi connectivity index (χ0n) is 7.60. The van der Waals surface area contributed by atoms with E-state index in [9.17, 15) is 13.2 Å². The summed E-state index contributed by atoms with van der Waals surface area (Å²) < 4.78 is 39.8. The summed E-state index contributed by atoms with van der Waals surface area (Å²) in [4.78, 5) is 0. The highest BCUT2D eigenvalue weighted by molar-refractivity contribution is 4.98. The summed E-state index contributed by atoms with van der Waals surface area (Å²) in [7, 11) is 0. The Morgan fingerprint density at radius 3 is 2.31 bits per heavy atom. The van der Waals surface area contributed by atoms with E-state index in [-0.39, 0.29) is 0 Å². The van der Waals surface area contributed by atoms with Crippen LogP contribution in [0.3, 0.4) is 0 Å². The second-order valence-corrected chi connectivity index (χ2v) is 2.74. The largest absolute Gasteiger partial charge is 0.457 e. The zero-order valence-corrected chi connectivity index (χ0v) is 7.60. The molecule has 1 aromatic heterocycles. The van der Waals surface area contributed by atoms with E-state index < -0.39 is 11.9 Å². The molecular weight excluding hydrogens is 181 g/mol. The lowest BCUT2D eigenvalue weighted by Crippen LogP contribution is -2.29. The highest BCUT2D eigenvalue weighted by atomic mass is 19.4. The molecule has 13 heavy (non-hydrogen) atoms. The van der Waals surface area contributed by atoms with Crippen molar-refractivity contribution in [2.24, 2.45) is 0 Å². The van der Waals surface area contributed by atoms with Crippen molar-refractivity contribution in [3.05, 3.63) is 18.2 Å². The standard InChI is InChI=1S/C8H12F3N2/c1-3-12-5-7(8(9,10)11)13(4-2)6-12/h5-6H,3-4H2,1-2H3/q+1. The van der Waals surface area contributed by atoms with Gasteiger partial charge in [0, 0.05) is 0 Å². The highest BCUT2D eigenvalue weighted by Gasteiger charge is 2.39. The number of imidazole rings is 1. The molecule has 0 N–H and O–H groups in total. The van der Waals surface area contributed by atoms with Crippen molar-refractivity contribution in [2.75, 3.05) is 0 Å². The van der Waals surface area contributed by atoms with E-state index >= 15 is 0 Å². The van der Waals surface area contributed by atoms with Crippen molar-refractivity contribution in [2.45, 2.75) is 33.1 Å². The van der Waals surface area contributed by atoms with Gasteiger partial charge in [0.1, 0.15) is 6.20 Å². The van der Waals surface area contributed by atoms with Gasteiger partial charge in [-0.25, -0.2) is 9.13 Å². The Hall–Kier alpha value is -1.00. The lowest BCUT2D eigenvalue weighted by Gasteiger charge is -2.01. The van der Waals surface area contributed by atoms with Gasteiger partial charge in [0.15, 0.2) is 0 Å². The maximum Gasteiger partial charge on any atom is 0.457 e. The van der Waals surface area contributed by atoms with Gasteiger partial charge in [-0.2, -0.15) is 13.2 Å². The first-order valence-corrected chi connectivity index (χ1v) is 4.15. The molecule has 0 aliphatic rings. The molecule has 0 unspecified atom stereocenters. The lowest BCUT2D eigenvalue weighted by atomic mass is 10.4. The zero-order chi connectivity index (χ0) is 10.1. The first kappa shape index (κ1) is 10.1. The number of rotatable bonds is 2. The van der Waals surface area contributed by atoms with Crippen LogP contribution in [0.15, 0.2) is 12.5 Å². The van der Waals surface area contributed by atoms with Gasteiger partial charge in [-0.05, 0) is 13.8 Å². The minimum atomic E-state index is -4.25. The summed E-state index contributed by atoms with van der Waals surface area (Å²) in [5.41, 5.74) is -0.586. The summed E-state index contributed by atoms with van der Waals surface area (Å²) in [5.74, 6) is 0. The van der Waals surface area contributed by atoms with Crippen LogP contribution in [0.4, 0.5) is 13.2 Å². The van der Waals surface area contributed by atoms with Gasteiger partial charge < -0.3 is 0 Å². The fraction of sp³-hybridized carbons (Fsp3) is 0.625. The fourth-order valence-electron chi connectivity index (χ4n) is 1.17. The van der Waals surface area contributed by atoms with E-state index in [1.807, 2.05) is 0 Å².